The molecule has 0 saturated heterocycles. The molecule has 5 nitrogen and oxygen atoms in total. The van der Waals surface area contributed by atoms with E-state index in [-0.39, 0.29) is 16.8 Å². The maximum atomic E-state index is 11.3. The van der Waals surface area contributed by atoms with Crippen LogP contribution < -0.4 is 10.6 Å². The number of anilines is 1. The van der Waals surface area contributed by atoms with Gasteiger partial charge in [-0.25, -0.2) is 4.79 Å². The molecule has 0 aromatic heterocycles. The molecule has 0 spiro atoms. The van der Waals surface area contributed by atoms with Crippen molar-refractivity contribution >= 4 is 23.3 Å². The minimum Gasteiger partial charge on any atom is -0.478 e. The number of aromatic carboxylic acids is 1. The van der Waals surface area contributed by atoms with Gasteiger partial charge in [0, 0.05) is 33.0 Å². The summed E-state index contributed by atoms with van der Waals surface area (Å²) in [4.78, 5) is 11.3. The number of hydrogen-bond donors (Lipinski definition) is 4. The normalized spacial score (nSPS) is 16.8. The van der Waals surface area contributed by atoms with Crippen LogP contribution in [0.3, 0.4) is 0 Å². The van der Waals surface area contributed by atoms with E-state index < -0.39 is 60.8 Å². The fourth-order valence-electron chi connectivity index (χ4n) is 2.51. The Bertz CT molecular complexity index is 1310. The second kappa shape index (κ2) is 10.1. The summed E-state index contributed by atoms with van der Waals surface area (Å²) in [6.07, 6.45) is -1.68. The van der Waals surface area contributed by atoms with Crippen molar-refractivity contribution in [3.63, 3.8) is 0 Å². The lowest BCUT2D eigenvalue weighted by Gasteiger charge is -2.13. The van der Waals surface area contributed by atoms with Crippen LogP contribution in [0.25, 0.3) is 11.1 Å². The number of halogens is 1. The zero-order valence-corrected chi connectivity index (χ0v) is 15.8. The van der Waals surface area contributed by atoms with E-state index in [1.165, 1.54) is 24.3 Å². The molecule has 3 rings (SSSR count). The summed E-state index contributed by atoms with van der Waals surface area (Å²) in [5.74, 6) is -1.10. The van der Waals surface area contributed by atoms with Crippen LogP contribution in [0.4, 0.5) is 5.69 Å². The highest BCUT2D eigenvalue weighted by Gasteiger charge is 2.07. The predicted molar refractivity (Wildman–Crippen MR) is 117 cm³/mol. The Morgan fingerprint density at radius 1 is 1.14 bits per heavy atom. The fourth-order valence-corrected chi connectivity index (χ4v) is 2.66. The van der Waals surface area contributed by atoms with Gasteiger partial charge < -0.3 is 20.8 Å². The molecule has 150 valence electrons. The molecule has 4 N–H and O–H groups in total. The molecule has 6 heteroatoms. The Labute approximate surface area is 186 Å². The van der Waals surface area contributed by atoms with Crippen molar-refractivity contribution < 1.29 is 26.0 Å². The molecule has 0 radical (unpaired) electrons. The van der Waals surface area contributed by atoms with E-state index in [4.69, 9.17) is 22.6 Å². The molecule has 0 aliphatic rings. The summed E-state index contributed by atoms with van der Waals surface area (Å²) >= 11 is 5.86. The van der Waals surface area contributed by atoms with Gasteiger partial charge in [0.25, 0.3) is 0 Å². The molecule has 0 aliphatic carbocycles. The van der Waals surface area contributed by atoms with Crippen LogP contribution in [0.15, 0.2) is 72.7 Å². The fraction of sp³-hybridized carbons (Fsp3) is 0.174. The van der Waals surface area contributed by atoms with Crippen LogP contribution in [-0.2, 0) is 0 Å². The second-order valence-corrected chi connectivity index (χ2v) is 6.34. The van der Waals surface area contributed by atoms with Crippen molar-refractivity contribution in [2.45, 2.75) is 6.10 Å². The molecule has 0 unspecified atom stereocenters. The van der Waals surface area contributed by atoms with E-state index in [0.717, 1.165) is 0 Å². The standard InChI is InChI=1S/C23H23ClN2O3/c24-20-8-2-6-18(13-20)22(27)15-25-10-11-26-21-9-3-5-17(14-21)16-4-1-7-19(12-16)23(28)29/h1-9,12-14,22,25-27H,10-11,15H2,(H,28,29)/t22-/m0/s1/i2D,6D,8D,10D2,11D2,13D. The van der Waals surface area contributed by atoms with Crippen LogP contribution in [0, 0.1) is 0 Å². The summed E-state index contributed by atoms with van der Waals surface area (Å²) in [6, 6.07) is 10.2. The molecule has 0 fully saturated rings. The largest absolute Gasteiger partial charge is 0.478 e. The summed E-state index contributed by atoms with van der Waals surface area (Å²) in [6.45, 7) is -6.13. The maximum Gasteiger partial charge on any atom is 0.335 e. The minimum absolute atomic E-state index is 0.0770. The molecular weight excluding hydrogens is 388 g/mol. The Morgan fingerprint density at radius 2 is 1.90 bits per heavy atom. The first-order valence-electron chi connectivity index (χ1n) is 12.6. The van der Waals surface area contributed by atoms with Gasteiger partial charge in [-0.15, -0.1) is 0 Å². The van der Waals surface area contributed by atoms with Crippen LogP contribution in [0.5, 0.6) is 0 Å². The molecule has 3 aromatic rings. The first-order chi connectivity index (χ1) is 17.2. The van der Waals surface area contributed by atoms with Crippen LogP contribution in [-0.4, -0.2) is 35.7 Å². The van der Waals surface area contributed by atoms with Crippen molar-refractivity contribution in [2.75, 3.05) is 24.9 Å². The molecule has 1 atom stereocenters. The third kappa shape index (κ3) is 6.06. The molecule has 0 aliphatic heterocycles. The van der Waals surface area contributed by atoms with E-state index >= 15 is 0 Å². The average Bonchev–Trinajstić information content (AvgIpc) is 2.85. The molecule has 0 saturated carbocycles. The predicted octanol–water partition coefficient (Wildman–Crippen LogP) is 4.44. The van der Waals surface area contributed by atoms with Crippen LogP contribution >= 0.6 is 11.6 Å². The van der Waals surface area contributed by atoms with E-state index in [2.05, 4.69) is 10.6 Å². The van der Waals surface area contributed by atoms with Crippen LogP contribution in [0.2, 0.25) is 5.02 Å². The highest BCUT2D eigenvalue weighted by atomic mass is 35.5. The van der Waals surface area contributed by atoms with Gasteiger partial charge in [0.1, 0.15) is 0 Å². The Hall–Kier alpha value is -2.86. The topological polar surface area (TPSA) is 81.6 Å². The first kappa shape index (κ1) is 12.6. The van der Waals surface area contributed by atoms with Gasteiger partial charge in [-0.2, -0.15) is 0 Å². The molecule has 0 amide bonds. The van der Waals surface area contributed by atoms with E-state index in [9.17, 15) is 15.0 Å². The van der Waals surface area contributed by atoms with Gasteiger partial charge in [-0.05, 0) is 53.0 Å². The zero-order valence-electron chi connectivity index (χ0n) is 23.1. The number of carboxylic acid groups (broad SMARTS) is 1. The van der Waals surface area contributed by atoms with Gasteiger partial charge in [0.2, 0.25) is 0 Å². The van der Waals surface area contributed by atoms with Gasteiger partial charge in [0.15, 0.2) is 0 Å². The van der Waals surface area contributed by atoms with Crippen LogP contribution in [0.1, 0.15) is 33.0 Å². The van der Waals surface area contributed by atoms with Crippen molar-refractivity contribution in [3.05, 3.63) is 88.9 Å². The number of aliphatic hydroxyl groups excluding tert-OH is 1. The summed E-state index contributed by atoms with van der Waals surface area (Å²) < 4.78 is 64.3. The molecule has 3 aromatic carbocycles. The van der Waals surface area contributed by atoms with E-state index in [0.29, 0.717) is 11.1 Å². The van der Waals surface area contributed by atoms with Crippen molar-refractivity contribution in [1.29, 1.82) is 0 Å². The number of rotatable bonds is 9. The van der Waals surface area contributed by atoms with E-state index in [1.54, 1.807) is 24.3 Å². The molecule has 0 heterocycles. The lowest BCUT2D eigenvalue weighted by molar-refractivity contribution is 0.0697. The lowest BCUT2D eigenvalue weighted by Crippen LogP contribution is -2.26. The summed E-state index contributed by atoms with van der Waals surface area (Å²) in [5, 5.41) is 24.0. The maximum absolute atomic E-state index is 11.3. The molecule has 29 heavy (non-hydrogen) atoms. The SMILES string of the molecule is [2H]c1c([2H])c(Cl)c([2H])c([C@@H](O)CNC([2H])([2H])C([2H])([2H])Nc2cccc(-c3cccc(C(=O)O)c3)c2)c1[2H]. The number of nitrogens with one attached hydrogen (secondary N) is 2. The highest BCUT2D eigenvalue weighted by molar-refractivity contribution is 6.30. The number of carboxylic acids is 1. The quantitative estimate of drug-likeness (QED) is 0.413. The smallest absolute Gasteiger partial charge is 0.335 e. The van der Waals surface area contributed by atoms with Gasteiger partial charge in [-0.1, -0.05) is 48.0 Å². The Balaban J connectivity index is 1.78. The third-order valence-electron chi connectivity index (χ3n) is 3.91. The van der Waals surface area contributed by atoms with E-state index in [1.807, 2.05) is 0 Å². The zero-order chi connectivity index (χ0) is 27.7. The Morgan fingerprint density at radius 3 is 2.69 bits per heavy atom. The molecule has 0 bridgehead atoms. The van der Waals surface area contributed by atoms with Gasteiger partial charge in [-0.3, -0.25) is 0 Å². The second-order valence-electron chi connectivity index (χ2n) is 5.97. The summed E-state index contributed by atoms with van der Waals surface area (Å²) in [7, 11) is 0. The van der Waals surface area contributed by atoms with Crippen molar-refractivity contribution in [1.82, 2.24) is 5.32 Å². The van der Waals surface area contributed by atoms with Gasteiger partial charge in [0.05, 0.1) is 19.9 Å². The lowest BCUT2D eigenvalue weighted by atomic mass is 10.0. The summed E-state index contributed by atoms with van der Waals surface area (Å²) in [5.41, 5.74) is 1.04. The number of aliphatic hydroxyl groups is 1. The van der Waals surface area contributed by atoms with Gasteiger partial charge >= 0.3 is 5.97 Å². The number of carbonyl (C=O) groups is 1. The average molecular weight is 419 g/mol. The number of hydrogen-bond acceptors (Lipinski definition) is 4. The van der Waals surface area contributed by atoms with Crippen molar-refractivity contribution in [3.8, 4) is 11.1 Å². The minimum atomic E-state index is -2.78. The molecular formula is C23H23ClN2O3. The highest BCUT2D eigenvalue weighted by Crippen LogP contribution is 2.23. The third-order valence-corrected chi connectivity index (χ3v) is 4.09. The van der Waals surface area contributed by atoms with Crippen molar-refractivity contribution in [2.24, 2.45) is 0 Å². The first-order valence-corrected chi connectivity index (χ1v) is 8.95. The monoisotopic (exact) mass is 418 g/mol. The number of benzene rings is 3. The Kier molecular flexibility index (Phi) is 4.39.